The Morgan fingerprint density at radius 1 is 0.680 bits per heavy atom. The van der Waals surface area contributed by atoms with E-state index >= 15 is 0 Å². The first kappa shape index (κ1) is 17.5. The van der Waals surface area contributed by atoms with Crippen LogP contribution in [0.25, 0.3) is 22.3 Å². The summed E-state index contributed by atoms with van der Waals surface area (Å²) in [7, 11) is 0.663. The van der Waals surface area contributed by atoms with Gasteiger partial charge >= 0.3 is 0 Å². The number of hydrogen-bond acceptors (Lipinski definition) is 2. The predicted octanol–water partition coefficient (Wildman–Crippen LogP) is 5.53. The maximum Gasteiger partial charge on any atom is 0.115 e. The average Bonchev–Trinajstić information content (AvgIpc) is 2.55. The number of aromatic hydroxyl groups is 2. The van der Waals surface area contributed by atoms with Gasteiger partial charge in [0.05, 0.1) is 0 Å². The van der Waals surface area contributed by atoms with Crippen molar-refractivity contribution >= 4 is 13.9 Å². The van der Waals surface area contributed by atoms with Crippen molar-refractivity contribution < 1.29 is 10.2 Å². The fourth-order valence-electron chi connectivity index (χ4n) is 2.88. The normalized spacial score (nSPS) is 12.0. The van der Waals surface area contributed by atoms with Gasteiger partial charge < -0.3 is 10.2 Å². The standard InChI is InChI=1S/C22H23O2P/c1-22(2,3)25-20-6-4-5-19(15-7-11-17(23)12-8-15)21(20)16-9-13-18(24)14-10-16/h4-14,23-25H,1-3H3. The van der Waals surface area contributed by atoms with Crippen LogP contribution >= 0.6 is 8.58 Å². The van der Waals surface area contributed by atoms with E-state index in [9.17, 15) is 10.2 Å². The molecule has 0 amide bonds. The third-order valence-electron chi connectivity index (χ3n) is 3.91. The molecule has 2 N–H and O–H groups in total. The molecule has 3 aromatic rings. The third-order valence-corrected chi connectivity index (χ3v) is 5.34. The lowest BCUT2D eigenvalue weighted by atomic mass is 9.94. The quantitative estimate of drug-likeness (QED) is 0.609. The highest BCUT2D eigenvalue weighted by atomic mass is 31.1. The Balaban J connectivity index is 2.22. The highest BCUT2D eigenvalue weighted by Crippen LogP contribution is 2.39. The molecule has 0 bridgehead atoms. The van der Waals surface area contributed by atoms with Gasteiger partial charge in [-0.05, 0) is 57.0 Å². The van der Waals surface area contributed by atoms with Gasteiger partial charge in [0.25, 0.3) is 0 Å². The topological polar surface area (TPSA) is 40.5 Å². The molecule has 0 aliphatic rings. The van der Waals surface area contributed by atoms with E-state index in [4.69, 9.17) is 0 Å². The maximum atomic E-state index is 9.65. The third kappa shape index (κ3) is 4.21. The van der Waals surface area contributed by atoms with Crippen LogP contribution in [0, 0.1) is 0 Å². The van der Waals surface area contributed by atoms with Crippen molar-refractivity contribution in [2.45, 2.75) is 25.9 Å². The second kappa shape index (κ2) is 6.90. The van der Waals surface area contributed by atoms with Gasteiger partial charge in [0, 0.05) is 0 Å². The Hall–Kier alpha value is -2.31. The van der Waals surface area contributed by atoms with E-state index in [1.807, 2.05) is 24.3 Å². The van der Waals surface area contributed by atoms with Gasteiger partial charge in [-0.2, -0.15) is 0 Å². The van der Waals surface area contributed by atoms with Crippen LogP contribution < -0.4 is 5.30 Å². The van der Waals surface area contributed by atoms with Crippen LogP contribution in [0.15, 0.2) is 66.7 Å². The van der Waals surface area contributed by atoms with Crippen LogP contribution in [0.3, 0.4) is 0 Å². The molecule has 0 heterocycles. The largest absolute Gasteiger partial charge is 0.508 e. The van der Waals surface area contributed by atoms with Crippen molar-refractivity contribution in [3.63, 3.8) is 0 Å². The fraction of sp³-hybridized carbons (Fsp3) is 0.182. The van der Waals surface area contributed by atoms with Gasteiger partial charge in [-0.15, -0.1) is 0 Å². The Morgan fingerprint density at radius 2 is 1.20 bits per heavy atom. The minimum Gasteiger partial charge on any atom is -0.508 e. The van der Waals surface area contributed by atoms with Crippen LogP contribution in [0.2, 0.25) is 0 Å². The second-order valence-corrected chi connectivity index (χ2v) is 9.49. The van der Waals surface area contributed by atoms with Gasteiger partial charge in [0.1, 0.15) is 11.5 Å². The Bertz CT molecular complexity index is 860. The molecule has 0 saturated carbocycles. The van der Waals surface area contributed by atoms with Crippen molar-refractivity contribution in [2.75, 3.05) is 0 Å². The molecule has 25 heavy (non-hydrogen) atoms. The molecule has 0 saturated heterocycles. The lowest BCUT2D eigenvalue weighted by Crippen LogP contribution is -2.13. The molecule has 0 aliphatic heterocycles. The smallest absolute Gasteiger partial charge is 0.115 e. The molecule has 3 aromatic carbocycles. The summed E-state index contributed by atoms with van der Waals surface area (Å²) in [6.07, 6.45) is 0. The molecule has 2 nitrogen and oxygen atoms in total. The monoisotopic (exact) mass is 350 g/mol. The first-order valence-corrected chi connectivity index (χ1v) is 9.33. The minimum atomic E-state index is 0.194. The zero-order chi connectivity index (χ0) is 18.0. The molecule has 128 valence electrons. The van der Waals surface area contributed by atoms with Crippen LogP contribution in [-0.4, -0.2) is 15.4 Å². The van der Waals surface area contributed by atoms with E-state index in [0.29, 0.717) is 8.58 Å². The lowest BCUT2D eigenvalue weighted by molar-refractivity contribution is 0.475. The number of benzene rings is 3. The first-order chi connectivity index (χ1) is 11.8. The summed E-state index contributed by atoms with van der Waals surface area (Å²) in [5.41, 5.74) is 4.50. The molecular weight excluding hydrogens is 327 g/mol. The number of phenols is 2. The van der Waals surface area contributed by atoms with E-state index in [0.717, 1.165) is 16.7 Å². The van der Waals surface area contributed by atoms with E-state index in [1.54, 1.807) is 24.3 Å². The zero-order valence-corrected chi connectivity index (χ0v) is 15.7. The van der Waals surface area contributed by atoms with Crippen molar-refractivity contribution in [3.8, 4) is 33.8 Å². The van der Waals surface area contributed by atoms with Gasteiger partial charge in [0.2, 0.25) is 0 Å². The fourth-order valence-corrected chi connectivity index (χ4v) is 4.27. The van der Waals surface area contributed by atoms with E-state index in [2.05, 4.69) is 39.0 Å². The summed E-state index contributed by atoms with van der Waals surface area (Å²) >= 11 is 0. The summed E-state index contributed by atoms with van der Waals surface area (Å²) in [5, 5.41) is 20.8. The average molecular weight is 350 g/mol. The van der Waals surface area contributed by atoms with E-state index in [-0.39, 0.29) is 16.7 Å². The van der Waals surface area contributed by atoms with Crippen LogP contribution in [0.5, 0.6) is 11.5 Å². The number of hydrogen-bond donors (Lipinski definition) is 2. The summed E-state index contributed by atoms with van der Waals surface area (Å²) in [6, 6.07) is 21.1. The first-order valence-electron chi connectivity index (χ1n) is 8.33. The highest BCUT2D eigenvalue weighted by Gasteiger charge is 2.18. The zero-order valence-electron chi connectivity index (χ0n) is 14.7. The van der Waals surface area contributed by atoms with Crippen molar-refractivity contribution in [2.24, 2.45) is 0 Å². The van der Waals surface area contributed by atoms with Crippen LogP contribution in [0.1, 0.15) is 20.8 Å². The summed E-state index contributed by atoms with van der Waals surface area (Å²) in [5.74, 6) is 0.535. The number of phenolic OH excluding ortho intramolecular Hbond substituents is 2. The van der Waals surface area contributed by atoms with Gasteiger partial charge in [-0.25, -0.2) is 0 Å². The van der Waals surface area contributed by atoms with E-state index < -0.39 is 0 Å². The molecule has 0 radical (unpaired) electrons. The SMILES string of the molecule is CC(C)(C)Pc1cccc(-c2ccc(O)cc2)c1-c1ccc(O)cc1. The van der Waals surface area contributed by atoms with Gasteiger partial charge in [-0.3, -0.25) is 0 Å². The Kier molecular flexibility index (Phi) is 4.83. The second-order valence-electron chi connectivity index (χ2n) is 7.20. The number of rotatable bonds is 3. The summed E-state index contributed by atoms with van der Waals surface area (Å²) in [4.78, 5) is 0. The van der Waals surface area contributed by atoms with Crippen LogP contribution in [-0.2, 0) is 0 Å². The summed E-state index contributed by atoms with van der Waals surface area (Å²) in [6.45, 7) is 6.75. The summed E-state index contributed by atoms with van der Waals surface area (Å²) < 4.78 is 0. The molecule has 3 heteroatoms. The van der Waals surface area contributed by atoms with Crippen molar-refractivity contribution in [3.05, 3.63) is 66.7 Å². The van der Waals surface area contributed by atoms with Gasteiger partial charge in [-0.1, -0.05) is 71.8 Å². The molecule has 0 aliphatic carbocycles. The molecule has 0 aromatic heterocycles. The molecule has 1 atom stereocenters. The Morgan fingerprint density at radius 3 is 1.72 bits per heavy atom. The predicted molar refractivity (Wildman–Crippen MR) is 108 cm³/mol. The molecular formula is C22H23O2P. The van der Waals surface area contributed by atoms with Crippen molar-refractivity contribution in [1.82, 2.24) is 0 Å². The molecule has 0 fully saturated rings. The van der Waals surface area contributed by atoms with Crippen molar-refractivity contribution in [1.29, 1.82) is 0 Å². The molecule has 1 unspecified atom stereocenters. The van der Waals surface area contributed by atoms with Gasteiger partial charge in [0.15, 0.2) is 0 Å². The Labute approximate surface area is 151 Å². The molecule has 3 rings (SSSR count). The lowest BCUT2D eigenvalue weighted by Gasteiger charge is -2.23. The molecule has 0 spiro atoms. The minimum absolute atomic E-state index is 0.194. The maximum absolute atomic E-state index is 9.65. The van der Waals surface area contributed by atoms with E-state index in [1.165, 1.54) is 10.9 Å². The van der Waals surface area contributed by atoms with Crippen LogP contribution in [0.4, 0.5) is 0 Å². The highest BCUT2D eigenvalue weighted by molar-refractivity contribution is 7.49.